The molecule has 1 rings (SSSR count). The zero-order chi connectivity index (χ0) is 15.4. The molecule has 3 heteroatoms. The highest BCUT2D eigenvalue weighted by atomic mass is 16.2. The first-order valence-electron chi connectivity index (χ1n) is 7.29. The van der Waals surface area contributed by atoms with Gasteiger partial charge in [0.1, 0.15) is 6.04 Å². The van der Waals surface area contributed by atoms with Gasteiger partial charge in [0.05, 0.1) is 0 Å². The van der Waals surface area contributed by atoms with Crippen molar-refractivity contribution in [3.05, 3.63) is 35.9 Å². The topological polar surface area (TPSA) is 41.1 Å². The number of amides is 1. The first-order valence-corrected chi connectivity index (χ1v) is 7.29. The van der Waals surface area contributed by atoms with Crippen LogP contribution in [0.3, 0.4) is 0 Å². The van der Waals surface area contributed by atoms with E-state index in [0.717, 1.165) is 12.0 Å². The molecule has 3 nitrogen and oxygen atoms in total. The van der Waals surface area contributed by atoms with Gasteiger partial charge in [-0.05, 0) is 46.6 Å². The smallest absolute Gasteiger partial charge is 0.242 e. The fraction of sp³-hybridized carbons (Fsp3) is 0.588. The molecule has 0 fully saturated rings. The molecule has 1 amide bonds. The zero-order valence-electron chi connectivity index (χ0n) is 13.6. The first kappa shape index (κ1) is 16.7. The molecule has 0 aromatic heterocycles. The first-order chi connectivity index (χ1) is 9.14. The summed E-state index contributed by atoms with van der Waals surface area (Å²) in [5, 5.41) is 6.53. The SMILES string of the molecule is CCC(C)(C)NC(=O)C(NC(C)(C)C)c1ccccc1. The third-order valence-corrected chi connectivity index (χ3v) is 3.32. The molecule has 0 aliphatic carbocycles. The quantitative estimate of drug-likeness (QED) is 0.865. The molecule has 1 unspecified atom stereocenters. The molecular weight excluding hydrogens is 248 g/mol. The standard InChI is InChI=1S/C17H28N2O/c1-7-17(5,6)19-15(20)14(18-16(2,3)4)13-11-9-8-10-12-13/h8-12,14,18H,7H2,1-6H3,(H,19,20). The predicted octanol–water partition coefficient (Wildman–Crippen LogP) is 3.42. The summed E-state index contributed by atoms with van der Waals surface area (Å²) in [4.78, 5) is 12.6. The van der Waals surface area contributed by atoms with Crippen molar-refractivity contribution >= 4 is 5.91 Å². The van der Waals surface area contributed by atoms with Crippen molar-refractivity contribution in [2.24, 2.45) is 0 Å². The predicted molar refractivity (Wildman–Crippen MR) is 84.6 cm³/mol. The van der Waals surface area contributed by atoms with Crippen LogP contribution in [0.2, 0.25) is 0 Å². The van der Waals surface area contributed by atoms with E-state index in [1.54, 1.807) is 0 Å². The molecule has 1 aromatic carbocycles. The minimum absolute atomic E-state index is 0.0259. The Kier molecular flexibility index (Phi) is 5.35. The Bertz CT molecular complexity index is 432. The number of hydrogen-bond donors (Lipinski definition) is 2. The van der Waals surface area contributed by atoms with Gasteiger partial charge in [-0.25, -0.2) is 0 Å². The molecule has 0 radical (unpaired) electrons. The zero-order valence-corrected chi connectivity index (χ0v) is 13.6. The van der Waals surface area contributed by atoms with Crippen LogP contribution in [0.5, 0.6) is 0 Å². The average Bonchev–Trinajstić information content (AvgIpc) is 2.35. The molecule has 0 spiro atoms. The maximum absolute atomic E-state index is 12.6. The Morgan fingerprint density at radius 3 is 2.10 bits per heavy atom. The highest BCUT2D eigenvalue weighted by Gasteiger charge is 2.28. The molecule has 0 aliphatic heterocycles. The van der Waals surface area contributed by atoms with E-state index in [-0.39, 0.29) is 23.0 Å². The molecule has 2 N–H and O–H groups in total. The van der Waals surface area contributed by atoms with Gasteiger partial charge in [0.2, 0.25) is 5.91 Å². The number of nitrogens with one attached hydrogen (secondary N) is 2. The van der Waals surface area contributed by atoms with Crippen LogP contribution in [0.1, 0.15) is 59.6 Å². The third-order valence-electron chi connectivity index (χ3n) is 3.32. The van der Waals surface area contributed by atoms with Gasteiger partial charge < -0.3 is 5.32 Å². The lowest BCUT2D eigenvalue weighted by Gasteiger charge is -2.32. The molecule has 0 aliphatic rings. The molecule has 1 atom stereocenters. The molecule has 0 saturated heterocycles. The summed E-state index contributed by atoms with van der Waals surface area (Å²) >= 11 is 0. The summed E-state index contributed by atoms with van der Waals surface area (Å²) in [6.07, 6.45) is 0.899. The van der Waals surface area contributed by atoms with E-state index in [1.807, 2.05) is 44.2 Å². The molecule has 20 heavy (non-hydrogen) atoms. The normalized spacial score (nSPS) is 13.9. The summed E-state index contributed by atoms with van der Waals surface area (Å²) in [5.41, 5.74) is 0.671. The maximum Gasteiger partial charge on any atom is 0.242 e. The van der Waals surface area contributed by atoms with Gasteiger partial charge in [0, 0.05) is 11.1 Å². The maximum atomic E-state index is 12.6. The van der Waals surface area contributed by atoms with Crippen molar-refractivity contribution in [1.82, 2.24) is 10.6 Å². The van der Waals surface area contributed by atoms with Crippen molar-refractivity contribution in [2.75, 3.05) is 0 Å². The molecule has 1 aromatic rings. The second-order valence-corrected chi connectivity index (χ2v) is 6.96. The molecule has 0 heterocycles. The number of carbonyl (C=O) groups excluding carboxylic acids is 1. The Morgan fingerprint density at radius 1 is 1.10 bits per heavy atom. The summed E-state index contributed by atoms with van der Waals surface area (Å²) in [5.74, 6) is 0.0259. The van der Waals surface area contributed by atoms with E-state index in [9.17, 15) is 4.79 Å². The molecular formula is C17H28N2O. The second kappa shape index (κ2) is 6.40. The van der Waals surface area contributed by atoms with Crippen molar-refractivity contribution in [3.8, 4) is 0 Å². The summed E-state index contributed by atoms with van der Waals surface area (Å²) in [7, 11) is 0. The van der Waals surface area contributed by atoms with Crippen LogP contribution in [0.25, 0.3) is 0 Å². The van der Waals surface area contributed by atoms with Crippen LogP contribution >= 0.6 is 0 Å². The number of carbonyl (C=O) groups is 1. The fourth-order valence-corrected chi connectivity index (χ4v) is 1.87. The Morgan fingerprint density at radius 2 is 1.65 bits per heavy atom. The van der Waals surface area contributed by atoms with Gasteiger partial charge in [0.15, 0.2) is 0 Å². The van der Waals surface area contributed by atoms with Gasteiger partial charge in [0.25, 0.3) is 0 Å². The van der Waals surface area contributed by atoms with Crippen molar-refractivity contribution in [3.63, 3.8) is 0 Å². The van der Waals surface area contributed by atoms with E-state index in [4.69, 9.17) is 0 Å². The monoisotopic (exact) mass is 276 g/mol. The third kappa shape index (κ3) is 5.33. The highest BCUT2D eigenvalue weighted by Crippen LogP contribution is 2.19. The van der Waals surface area contributed by atoms with Crippen LogP contribution in [0, 0.1) is 0 Å². The molecule has 0 bridgehead atoms. The van der Waals surface area contributed by atoms with E-state index in [0.29, 0.717) is 0 Å². The van der Waals surface area contributed by atoms with Crippen molar-refractivity contribution in [1.29, 1.82) is 0 Å². The minimum atomic E-state index is -0.331. The van der Waals surface area contributed by atoms with Crippen LogP contribution in [0.4, 0.5) is 0 Å². The van der Waals surface area contributed by atoms with Gasteiger partial charge >= 0.3 is 0 Å². The average molecular weight is 276 g/mol. The van der Waals surface area contributed by atoms with Crippen molar-refractivity contribution < 1.29 is 4.79 Å². The lowest BCUT2D eigenvalue weighted by Crippen LogP contribution is -2.51. The minimum Gasteiger partial charge on any atom is -0.350 e. The van der Waals surface area contributed by atoms with E-state index >= 15 is 0 Å². The summed E-state index contributed by atoms with van der Waals surface area (Å²) in [6.45, 7) is 12.4. The lowest BCUT2D eigenvalue weighted by molar-refractivity contribution is -0.125. The number of hydrogen-bond acceptors (Lipinski definition) is 2. The van der Waals surface area contributed by atoms with Crippen molar-refractivity contribution in [2.45, 2.75) is 65.1 Å². The van der Waals surface area contributed by atoms with Crippen LogP contribution < -0.4 is 10.6 Å². The number of benzene rings is 1. The van der Waals surface area contributed by atoms with E-state index < -0.39 is 0 Å². The van der Waals surface area contributed by atoms with Gasteiger partial charge in [-0.1, -0.05) is 37.3 Å². The molecule has 0 saturated carbocycles. The number of rotatable bonds is 5. The Labute approximate surface area is 123 Å². The van der Waals surface area contributed by atoms with Gasteiger partial charge in [-0.15, -0.1) is 0 Å². The Balaban J connectivity index is 2.97. The van der Waals surface area contributed by atoms with Crippen LogP contribution in [-0.2, 0) is 4.79 Å². The second-order valence-electron chi connectivity index (χ2n) is 6.96. The van der Waals surface area contributed by atoms with E-state index in [1.165, 1.54) is 0 Å². The van der Waals surface area contributed by atoms with E-state index in [2.05, 4.69) is 38.3 Å². The summed E-state index contributed by atoms with van der Waals surface area (Å²) < 4.78 is 0. The molecule has 112 valence electrons. The van der Waals surface area contributed by atoms with Gasteiger partial charge in [-0.2, -0.15) is 0 Å². The lowest BCUT2D eigenvalue weighted by atomic mass is 9.97. The highest BCUT2D eigenvalue weighted by molar-refractivity contribution is 5.83. The largest absolute Gasteiger partial charge is 0.350 e. The van der Waals surface area contributed by atoms with Crippen LogP contribution in [0.15, 0.2) is 30.3 Å². The van der Waals surface area contributed by atoms with Crippen LogP contribution in [-0.4, -0.2) is 17.0 Å². The summed E-state index contributed by atoms with van der Waals surface area (Å²) in [6, 6.07) is 9.53. The Hall–Kier alpha value is -1.35. The van der Waals surface area contributed by atoms with Gasteiger partial charge in [-0.3, -0.25) is 10.1 Å². The fourth-order valence-electron chi connectivity index (χ4n) is 1.87.